The number of aliphatic hydroxyl groups excluding tert-OH is 2. The summed E-state index contributed by atoms with van der Waals surface area (Å²) in [6.07, 6.45) is 8.83. The number of allylic oxidation sites excluding steroid dienone is 2. The predicted octanol–water partition coefficient (Wildman–Crippen LogP) is 4.77. The fourth-order valence-electron chi connectivity index (χ4n) is 3.90. The highest BCUT2D eigenvalue weighted by atomic mass is 16.3. The first kappa shape index (κ1) is 20.4. The average molecular weight is 355 g/mol. The van der Waals surface area contributed by atoms with Crippen molar-refractivity contribution in [3.05, 3.63) is 52.4 Å². The zero-order valence-corrected chi connectivity index (χ0v) is 15.7. The van der Waals surface area contributed by atoms with Crippen LogP contribution in [0.25, 0.3) is 4.85 Å². The number of hydrogen-bond acceptors (Lipinski definition) is 3. The molecule has 0 bridgehead atoms. The van der Waals surface area contributed by atoms with Crippen LogP contribution in [0.1, 0.15) is 74.2 Å². The van der Waals surface area contributed by atoms with Crippen molar-refractivity contribution in [1.29, 1.82) is 0 Å². The molecular weight excluding hydrogens is 326 g/mol. The molecule has 0 aliphatic heterocycles. The fraction of sp³-hybridized carbons (Fsp3) is 0.545. The van der Waals surface area contributed by atoms with Gasteiger partial charge < -0.3 is 10.2 Å². The molecule has 0 heterocycles. The standard InChI is InChI=1S/C22H29NO3/c1-4-5-6-7-9-16-10-8-11-20(25)22(16)18-12-15(2)17(21(26)14-24)13-19(18)23-3/h6-7,12-13,16,21-22,24,26H,4-5,8-11,14H2,1-2H3/b7-6-. The number of aryl methyl sites for hydroxylation is 1. The Morgan fingerprint density at radius 2 is 2.15 bits per heavy atom. The Kier molecular flexibility index (Phi) is 7.56. The molecule has 1 aliphatic carbocycles. The SMILES string of the molecule is [C-]#[N+]c1cc(C(O)CO)c(C)cc1C1C(=O)CCCC1C/C=C\CCC. The molecule has 0 saturated heterocycles. The number of Topliss-reactive ketones (excluding diaryl/α,β-unsaturated/α-hetero) is 1. The van der Waals surface area contributed by atoms with Crippen LogP contribution >= 0.6 is 0 Å². The average Bonchev–Trinajstić information content (AvgIpc) is 2.64. The van der Waals surface area contributed by atoms with Crippen LogP contribution in [0.5, 0.6) is 0 Å². The van der Waals surface area contributed by atoms with Crippen molar-refractivity contribution in [3.8, 4) is 0 Å². The number of nitrogens with zero attached hydrogens (tertiary/aromatic N) is 1. The van der Waals surface area contributed by atoms with Crippen molar-refractivity contribution in [2.45, 2.75) is 64.4 Å². The van der Waals surface area contributed by atoms with Gasteiger partial charge in [0.05, 0.1) is 13.2 Å². The van der Waals surface area contributed by atoms with E-state index < -0.39 is 6.10 Å². The molecule has 26 heavy (non-hydrogen) atoms. The third kappa shape index (κ3) is 4.60. The molecule has 1 fully saturated rings. The number of carbonyl (C=O) groups is 1. The molecule has 1 saturated carbocycles. The first-order valence-corrected chi connectivity index (χ1v) is 9.52. The van der Waals surface area contributed by atoms with E-state index in [1.165, 1.54) is 0 Å². The molecule has 3 unspecified atom stereocenters. The van der Waals surface area contributed by atoms with Gasteiger partial charge in [-0.3, -0.25) is 4.79 Å². The van der Waals surface area contributed by atoms with Crippen LogP contribution in [0.4, 0.5) is 5.69 Å². The minimum atomic E-state index is -1.00. The lowest BCUT2D eigenvalue weighted by Gasteiger charge is -2.31. The van der Waals surface area contributed by atoms with Gasteiger partial charge >= 0.3 is 0 Å². The molecule has 2 rings (SSSR count). The van der Waals surface area contributed by atoms with Crippen LogP contribution < -0.4 is 0 Å². The second-order valence-electron chi connectivity index (χ2n) is 7.17. The molecule has 0 amide bonds. The first-order chi connectivity index (χ1) is 12.5. The molecule has 140 valence electrons. The second-order valence-corrected chi connectivity index (χ2v) is 7.17. The molecular formula is C22H29NO3. The van der Waals surface area contributed by atoms with E-state index in [4.69, 9.17) is 6.57 Å². The van der Waals surface area contributed by atoms with Gasteiger partial charge in [-0.25, -0.2) is 4.85 Å². The van der Waals surface area contributed by atoms with E-state index in [1.54, 1.807) is 6.07 Å². The zero-order chi connectivity index (χ0) is 19.1. The predicted molar refractivity (Wildman–Crippen MR) is 103 cm³/mol. The third-order valence-corrected chi connectivity index (χ3v) is 5.28. The maximum atomic E-state index is 12.7. The van der Waals surface area contributed by atoms with Gasteiger partial charge in [-0.2, -0.15) is 0 Å². The minimum Gasteiger partial charge on any atom is -0.393 e. The smallest absolute Gasteiger partial charge is 0.191 e. The van der Waals surface area contributed by atoms with Crippen LogP contribution in [0.15, 0.2) is 24.3 Å². The highest BCUT2D eigenvalue weighted by Crippen LogP contribution is 2.43. The highest BCUT2D eigenvalue weighted by molar-refractivity contribution is 5.88. The van der Waals surface area contributed by atoms with Crippen molar-refractivity contribution in [3.63, 3.8) is 0 Å². The molecule has 4 nitrogen and oxygen atoms in total. The van der Waals surface area contributed by atoms with E-state index in [2.05, 4.69) is 23.9 Å². The van der Waals surface area contributed by atoms with Gasteiger partial charge in [0.15, 0.2) is 5.69 Å². The summed E-state index contributed by atoms with van der Waals surface area (Å²) in [7, 11) is 0. The summed E-state index contributed by atoms with van der Waals surface area (Å²) in [6, 6.07) is 3.52. The summed E-state index contributed by atoms with van der Waals surface area (Å²) in [5, 5.41) is 19.2. The van der Waals surface area contributed by atoms with E-state index >= 15 is 0 Å². The van der Waals surface area contributed by atoms with Crippen molar-refractivity contribution >= 4 is 11.5 Å². The molecule has 3 atom stereocenters. The first-order valence-electron chi connectivity index (χ1n) is 9.52. The highest BCUT2D eigenvalue weighted by Gasteiger charge is 2.34. The van der Waals surface area contributed by atoms with Crippen LogP contribution in [0.3, 0.4) is 0 Å². The van der Waals surface area contributed by atoms with E-state index in [-0.39, 0.29) is 24.2 Å². The Bertz CT molecular complexity index is 702. The molecule has 2 N–H and O–H groups in total. The van der Waals surface area contributed by atoms with E-state index in [1.807, 2.05) is 13.0 Å². The lowest BCUT2D eigenvalue weighted by molar-refractivity contribution is -0.123. The van der Waals surface area contributed by atoms with Crippen molar-refractivity contribution < 1.29 is 15.0 Å². The summed E-state index contributed by atoms with van der Waals surface area (Å²) in [5.74, 6) is 0.181. The van der Waals surface area contributed by atoms with Crippen LogP contribution in [-0.2, 0) is 4.79 Å². The monoisotopic (exact) mass is 355 g/mol. The van der Waals surface area contributed by atoms with Crippen LogP contribution in [0.2, 0.25) is 0 Å². The Hall–Kier alpha value is -1.96. The van der Waals surface area contributed by atoms with Gasteiger partial charge in [-0.05, 0) is 55.2 Å². The number of benzene rings is 1. The summed E-state index contributed by atoms with van der Waals surface area (Å²) < 4.78 is 0. The molecule has 4 heteroatoms. The number of ketones is 1. The minimum absolute atomic E-state index is 0.213. The topological polar surface area (TPSA) is 61.9 Å². The number of carbonyl (C=O) groups excluding carboxylic acids is 1. The third-order valence-electron chi connectivity index (χ3n) is 5.28. The Morgan fingerprint density at radius 3 is 2.81 bits per heavy atom. The van der Waals surface area contributed by atoms with Gasteiger partial charge in [-0.15, -0.1) is 0 Å². The van der Waals surface area contributed by atoms with Crippen molar-refractivity contribution in [2.75, 3.05) is 6.61 Å². The number of aliphatic hydroxyl groups is 2. The van der Waals surface area contributed by atoms with Gasteiger partial charge in [-0.1, -0.05) is 37.6 Å². The van der Waals surface area contributed by atoms with Gasteiger partial charge in [0.25, 0.3) is 0 Å². The zero-order valence-electron chi connectivity index (χ0n) is 15.7. The van der Waals surface area contributed by atoms with Crippen LogP contribution in [-0.4, -0.2) is 22.6 Å². The molecule has 0 radical (unpaired) electrons. The van der Waals surface area contributed by atoms with Gasteiger partial charge in [0, 0.05) is 12.3 Å². The molecule has 1 aliphatic rings. The molecule has 0 spiro atoms. The molecule has 1 aromatic carbocycles. The van der Waals surface area contributed by atoms with Crippen molar-refractivity contribution in [1.82, 2.24) is 0 Å². The summed E-state index contributed by atoms with van der Waals surface area (Å²) in [5.41, 5.74) is 2.57. The molecule has 0 aromatic heterocycles. The van der Waals surface area contributed by atoms with E-state index in [0.29, 0.717) is 17.7 Å². The number of unbranched alkanes of at least 4 members (excludes halogenated alkanes) is 1. The summed E-state index contributed by atoms with van der Waals surface area (Å²) in [4.78, 5) is 16.4. The maximum Gasteiger partial charge on any atom is 0.191 e. The number of hydrogen-bond donors (Lipinski definition) is 2. The largest absolute Gasteiger partial charge is 0.393 e. The van der Waals surface area contributed by atoms with E-state index in [9.17, 15) is 15.0 Å². The Labute approximate surface area is 156 Å². The fourth-order valence-corrected chi connectivity index (χ4v) is 3.90. The lowest BCUT2D eigenvalue weighted by atomic mass is 9.72. The maximum absolute atomic E-state index is 12.7. The quantitative estimate of drug-likeness (QED) is 0.547. The van der Waals surface area contributed by atoms with Gasteiger partial charge in [0.1, 0.15) is 11.9 Å². The summed E-state index contributed by atoms with van der Waals surface area (Å²) >= 11 is 0. The van der Waals surface area contributed by atoms with E-state index in [0.717, 1.165) is 43.2 Å². The Balaban J connectivity index is 2.39. The van der Waals surface area contributed by atoms with Gasteiger partial charge in [0.2, 0.25) is 0 Å². The normalized spacial score (nSPS) is 21.7. The lowest BCUT2D eigenvalue weighted by Crippen LogP contribution is -2.26. The van der Waals surface area contributed by atoms with Crippen molar-refractivity contribution in [2.24, 2.45) is 5.92 Å². The molecule has 1 aromatic rings. The number of rotatable bonds is 7. The second kappa shape index (κ2) is 9.66. The Morgan fingerprint density at radius 1 is 1.38 bits per heavy atom. The van der Waals surface area contributed by atoms with Crippen LogP contribution in [0, 0.1) is 19.4 Å². The summed E-state index contributed by atoms with van der Waals surface area (Å²) in [6.45, 7) is 11.2.